The van der Waals surface area contributed by atoms with Gasteiger partial charge in [-0.25, -0.2) is 0 Å². The van der Waals surface area contributed by atoms with Crippen molar-refractivity contribution in [1.29, 1.82) is 0 Å². The molecule has 0 fully saturated rings. The zero-order valence-corrected chi connectivity index (χ0v) is 14.5. The van der Waals surface area contributed by atoms with Crippen LogP contribution in [0.5, 0.6) is 0 Å². The Hall–Kier alpha value is -1.66. The molecule has 0 spiro atoms. The van der Waals surface area contributed by atoms with Crippen LogP contribution in [-0.4, -0.2) is 21.7 Å². The Labute approximate surface area is 141 Å². The van der Waals surface area contributed by atoms with Crippen LogP contribution in [0.3, 0.4) is 0 Å². The van der Waals surface area contributed by atoms with Crippen LogP contribution in [0.25, 0.3) is 0 Å². The van der Waals surface area contributed by atoms with E-state index >= 15 is 0 Å². The van der Waals surface area contributed by atoms with Crippen molar-refractivity contribution < 1.29 is 4.79 Å². The molecule has 2 heterocycles. The lowest BCUT2D eigenvalue weighted by atomic mass is 9.92. The number of nitrogens with zero attached hydrogens (tertiary/aromatic N) is 2. The Morgan fingerprint density at radius 3 is 3.17 bits per heavy atom. The molecule has 0 saturated carbocycles. The standard InChI is InChI=1S/C17H24N4OS/c1-3-21-16-8-4-7-15(14(16)11-19-21)20-12(2)17(22)18-10-13-6-5-9-23-13/h5-6,9,11-12,15,20H,3-4,7-8,10H2,1-2H3,(H,18,22)/t12-,15-/m1/s1. The summed E-state index contributed by atoms with van der Waals surface area (Å²) in [5, 5.41) is 13.0. The number of rotatable bonds is 6. The van der Waals surface area contributed by atoms with Crippen molar-refractivity contribution in [1.82, 2.24) is 20.4 Å². The van der Waals surface area contributed by atoms with E-state index in [1.54, 1.807) is 11.3 Å². The molecule has 3 rings (SSSR count). The third-order valence-electron chi connectivity index (χ3n) is 4.42. The molecule has 2 atom stereocenters. The van der Waals surface area contributed by atoms with E-state index < -0.39 is 0 Å². The van der Waals surface area contributed by atoms with Crippen LogP contribution in [0.2, 0.25) is 0 Å². The van der Waals surface area contributed by atoms with E-state index in [0.29, 0.717) is 6.54 Å². The highest BCUT2D eigenvalue weighted by Crippen LogP contribution is 2.29. The Morgan fingerprint density at radius 1 is 1.57 bits per heavy atom. The van der Waals surface area contributed by atoms with E-state index in [1.807, 2.05) is 30.6 Å². The van der Waals surface area contributed by atoms with Gasteiger partial charge in [-0.3, -0.25) is 14.8 Å². The van der Waals surface area contributed by atoms with Gasteiger partial charge in [0.25, 0.3) is 0 Å². The molecule has 2 aromatic rings. The fraction of sp³-hybridized carbons (Fsp3) is 0.529. The SMILES string of the molecule is CCn1ncc2c1CCC[C@H]2N[C@H](C)C(=O)NCc1cccs1. The third-order valence-corrected chi connectivity index (χ3v) is 5.30. The van der Waals surface area contributed by atoms with Crippen LogP contribution in [-0.2, 0) is 24.3 Å². The van der Waals surface area contributed by atoms with E-state index in [-0.39, 0.29) is 18.0 Å². The number of carbonyl (C=O) groups excluding carboxylic acids is 1. The fourth-order valence-electron chi connectivity index (χ4n) is 3.18. The zero-order chi connectivity index (χ0) is 16.2. The summed E-state index contributed by atoms with van der Waals surface area (Å²) in [4.78, 5) is 13.5. The van der Waals surface area contributed by atoms with Crippen molar-refractivity contribution in [2.45, 2.75) is 58.3 Å². The molecule has 1 amide bonds. The number of nitrogens with one attached hydrogen (secondary N) is 2. The average molecular weight is 332 g/mol. The second kappa shape index (κ2) is 7.27. The second-order valence-electron chi connectivity index (χ2n) is 5.99. The molecule has 1 aliphatic carbocycles. The van der Waals surface area contributed by atoms with Gasteiger partial charge in [0.05, 0.1) is 18.8 Å². The first-order valence-electron chi connectivity index (χ1n) is 8.29. The lowest BCUT2D eigenvalue weighted by molar-refractivity contribution is -0.123. The van der Waals surface area contributed by atoms with Gasteiger partial charge in [-0.05, 0) is 44.6 Å². The van der Waals surface area contributed by atoms with Crippen molar-refractivity contribution in [2.75, 3.05) is 0 Å². The predicted octanol–water partition coefficient (Wildman–Crippen LogP) is 2.64. The van der Waals surface area contributed by atoms with Gasteiger partial charge in [0.15, 0.2) is 0 Å². The summed E-state index contributed by atoms with van der Waals surface area (Å²) >= 11 is 1.66. The molecule has 0 radical (unpaired) electrons. The molecule has 6 heteroatoms. The summed E-state index contributed by atoms with van der Waals surface area (Å²) in [6.07, 6.45) is 5.25. The van der Waals surface area contributed by atoms with Crippen LogP contribution in [0.4, 0.5) is 0 Å². The van der Waals surface area contributed by atoms with Gasteiger partial charge < -0.3 is 5.32 Å². The highest BCUT2D eigenvalue weighted by atomic mass is 32.1. The molecule has 2 N–H and O–H groups in total. The van der Waals surface area contributed by atoms with Gasteiger partial charge in [-0.1, -0.05) is 6.07 Å². The van der Waals surface area contributed by atoms with Crippen LogP contribution >= 0.6 is 11.3 Å². The minimum atomic E-state index is -0.212. The van der Waals surface area contributed by atoms with Crippen molar-refractivity contribution in [3.63, 3.8) is 0 Å². The minimum Gasteiger partial charge on any atom is -0.350 e. The minimum absolute atomic E-state index is 0.0495. The number of aryl methyl sites for hydroxylation is 1. The van der Waals surface area contributed by atoms with Gasteiger partial charge in [-0.2, -0.15) is 5.10 Å². The Morgan fingerprint density at radius 2 is 2.43 bits per heavy atom. The van der Waals surface area contributed by atoms with Crippen molar-refractivity contribution >= 4 is 17.2 Å². The second-order valence-corrected chi connectivity index (χ2v) is 7.02. The van der Waals surface area contributed by atoms with Gasteiger partial charge in [-0.15, -0.1) is 11.3 Å². The fourth-order valence-corrected chi connectivity index (χ4v) is 3.83. The zero-order valence-electron chi connectivity index (χ0n) is 13.7. The maximum Gasteiger partial charge on any atom is 0.237 e. The monoisotopic (exact) mass is 332 g/mol. The summed E-state index contributed by atoms with van der Waals surface area (Å²) in [6.45, 7) is 5.55. The predicted molar refractivity (Wildman–Crippen MR) is 92.3 cm³/mol. The summed E-state index contributed by atoms with van der Waals surface area (Å²) in [5.41, 5.74) is 2.58. The van der Waals surface area contributed by atoms with Crippen molar-refractivity contribution in [3.8, 4) is 0 Å². The smallest absolute Gasteiger partial charge is 0.237 e. The first-order valence-corrected chi connectivity index (χ1v) is 9.17. The molecule has 0 aliphatic heterocycles. The Kier molecular flexibility index (Phi) is 5.13. The first-order chi connectivity index (χ1) is 11.2. The van der Waals surface area contributed by atoms with Crippen molar-refractivity contribution in [2.24, 2.45) is 0 Å². The number of aromatic nitrogens is 2. The highest BCUT2D eigenvalue weighted by Gasteiger charge is 2.26. The lowest BCUT2D eigenvalue weighted by Crippen LogP contribution is -2.44. The molecule has 23 heavy (non-hydrogen) atoms. The van der Waals surface area contributed by atoms with E-state index in [9.17, 15) is 4.79 Å². The Bertz CT molecular complexity index is 650. The number of hydrogen-bond donors (Lipinski definition) is 2. The van der Waals surface area contributed by atoms with Gasteiger partial charge >= 0.3 is 0 Å². The summed E-state index contributed by atoms with van der Waals surface area (Å²) in [6, 6.07) is 4.05. The maximum absolute atomic E-state index is 12.3. The van der Waals surface area contributed by atoms with Crippen LogP contribution in [0.15, 0.2) is 23.7 Å². The van der Waals surface area contributed by atoms with Crippen LogP contribution in [0.1, 0.15) is 48.9 Å². The first kappa shape index (κ1) is 16.2. The number of fused-ring (bicyclic) bond motifs is 1. The third kappa shape index (κ3) is 3.64. The van der Waals surface area contributed by atoms with Crippen LogP contribution in [0, 0.1) is 0 Å². The topological polar surface area (TPSA) is 59.0 Å². The molecule has 5 nitrogen and oxygen atoms in total. The average Bonchev–Trinajstić information content (AvgIpc) is 3.22. The molecule has 0 saturated heterocycles. The molecule has 0 aromatic carbocycles. The maximum atomic E-state index is 12.3. The summed E-state index contributed by atoms with van der Waals surface area (Å²) < 4.78 is 2.07. The molecule has 124 valence electrons. The molecule has 2 aromatic heterocycles. The van der Waals surface area contributed by atoms with E-state index in [1.165, 1.54) is 16.1 Å². The normalized spacial score (nSPS) is 18.4. The molecule has 0 unspecified atom stereocenters. The molecular formula is C17H24N4OS. The quantitative estimate of drug-likeness (QED) is 0.855. The molecular weight excluding hydrogens is 308 g/mol. The largest absolute Gasteiger partial charge is 0.350 e. The number of thiophene rings is 1. The van der Waals surface area contributed by atoms with E-state index in [0.717, 1.165) is 25.8 Å². The summed E-state index contributed by atoms with van der Waals surface area (Å²) in [7, 11) is 0. The lowest BCUT2D eigenvalue weighted by Gasteiger charge is -2.27. The summed E-state index contributed by atoms with van der Waals surface area (Å²) in [5.74, 6) is 0.0495. The number of hydrogen-bond acceptors (Lipinski definition) is 4. The van der Waals surface area contributed by atoms with E-state index in [4.69, 9.17) is 0 Å². The van der Waals surface area contributed by atoms with Gasteiger partial charge in [0, 0.05) is 28.7 Å². The molecule has 1 aliphatic rings. The van der Waals surface area contributed by atoms with Gasteiger partial charge in [0.1, 0.15) is 0 Å². The number of amides is 1. The van der Waals surface area contributed by atoms with Crippen LogP contribution < -0.4 is 10.6 Å². The van der Waals surface area contributed by atoms with Crippen molar-refractivity contribution in [3.05, 3.63) is 39.8 Å². The Balaban J connectivity index is 1.59. The molecule has 0 bridgehead atoms. The number of carbonyl (C=O) groups is 1. The van der Waals surface area contributed by atoms with Gasteiger partial charge in [0.2, 0.25) is 5.91 Å². The van der Waals surface area contributed by atoms with E-state index in [2.05, 4.69) is 27.3 Å². The highest BCUT2D eigenvalue weighted by molar-refractivity contribution is 7.09.